The van der Waals surface area contributed by atoms with Crippen LogP contribution in [0.25, 0.3) is 22.0 Å². The third-order valence-electron chi connectivity index (χ3n) is 4.76. The molecule has 1 atom stereocenters. The summed E-state index contributed by atoms with van der Waals surface area (Å²) in [5.41, 5.74) is 4.00. The van der Waals surface area contributed by atoms with Crippen molar-refractivity contribution < 1.29 is 4.39 Å². The van der Waals surface area contributed by atoms with E-state index < -0.39 is 0 Å². The van der Waals surface area contributed by atoms with Crippen LogP contribution >= 0.6 is 11.6 Å². The molecule has 0 radical (unpaired) electrons. The van der Waals surface area contributed by atoms with Crippen molar-refractivity contribution >= 4 is 28.2 Å². The Hall–Kier alpha value is -3.49. The second-order valence-electron chi connectivity index (χ2n) is 6.64. The smallest absolute Gasteiger partial charge is 0.140 e. The van der Waals surface area contributed by atoms with Gasteiger partial charge in [0.15, 0.2) is 0 Å². The molecule has 0 aliphatic rings. The first-order valence-corrected chi connectivity index (χ1v) is 9.40. The highest BCUT2D eigenvalue weighted by molar-refractivity contribution is 6.34. The number of benzene rings is 2. The molecule has 0 saturated carbocycles. The van der Waals surface area contributed by atoms with Gasteiger partial charge in [-0.2, -0.15) is 5.26 Å². The molecule has 0 bridgehead atoms. The average Bonchev–Trinajstić information content (AvgIpc) is 2.76. The first kappa shape index (κ1) is 18.9. The molecule has 2 aromatic carbocycles. The molecular formula is C23H16ClFN4. The quantitative estimate of drug-likeness (QED) is 0.445. The lowest BCUT2D eigenvalue weighted by atomic mass is 10.00. The van der Waals surface area contributed by atoms with Gasteiger partial charge in [-0.3, -0.25) is 4.98 Å². The predicted octanol–water partition coefficient (Wildman–Crippen LogP) is 6.13. The van der Waals surface area contributed by atoms with Crippen LogP contribution < -0.4 is 5.32 Å². The minimum Gasteiger partial charge on any atom is -0.377 e. The van der Waals surface area contributed by atoms with Crippen molar-refractivity contribution in [1.29, 1.82) is 5.26 Å². The lowest BCUT2D eigenvalue weighted by Crippen LogP contribution is -2.10. The molecule has 1 N–H and O–H groups in total. The van der Waals surface area contributed by atoms with Crippen molar-refractivity contribution in [3.05, 3.63) is 89.1 Å². The first-order valence-electron chi connectivity index (χ1n) is 9.02. The van der Waals surface area contributed by atoms with Crippen LogP contribution in [0.3, 0.4) is 0 Å². The van der Waals surface area contributed by atoms with Crippen molar-refractivity contribution in [2.24, 2.45) is 0 Å². The molecule has 0 aliphatic carbocycles. The zero-order chi connectivity index (χ0) is 20.4. The van der Waals surface area contributed by atoms with Gasteiger partial charge < -0.3 is 5.32 Å². The Morgan fingerprint density at radius 1 is 1.03 bits per heavy atom. The number of hydrogen-bond donors (Lipinski definition) is 1. The normalized spacial score (nSPS) is 11.8. The van der Waals surface area contributed by atoms with E-state index in [9.17, 15) is 4.39 Å². The molecule has 4 nitrogen and oxygen atoms in total. The van der Waals surface area contributed by atoms with E-state index in [1.54, 1.807) is 36.7 Å². The number of aromatic nitrogens is 2. The van der Waals surface area contributed by atoms with Crippen LogP contribution in [0.5, 0.6) is 0 Å². The van der Waals surface area contributed by atoms with Gasteiger partial charge in [-0.25, -0.2) is 9.37 Å². The van der Waals surface area contributed by atoms with Gasteiger partial charge in [-0.05, 0) is 42.8 Å². The number of hydrogen-bond acceptors (Lipinski definition) is 4. The van der Waals surface area contributed by atoms with Gasteiger partial charge >= 0.3 is 0 Å². The number of anilines is 1. The summed E-state index contributed by atoms with van der Waals surface area (Å²) < 4.78 is 14.6. The zero-order valence-electron chi connectivity index (χ0n) is 15.5. The maximum Gasteiger partial charge on any atom is 0.140 e. The van der Waals surface area contributed by atoms with Gasteiger partial charge in [-0.15, -0.1) is 0 Å². The van der Waals surface area contributed by atoms with E-state index in [2.05, 4.69) is 15.3 Å². The van der Waals surface area contributed by atoms with Crippen molar-refractivity contribution in [3.8, 4) is 17.2 Å². The van der Waals surface area contributed by atoms with E-state index in [1.807, 2.05) is 37.3 Å². The van der Waals surface area contributed by atoms with Crippen LogP contribution in [0.4, 0.5) is 10.1 Å². The maximum absolute atomic E-state index is 14.6. The summed E-state index contributed by atoms with van der Waals surface area (Å²) in [4.78, 5) is 8.42. The number of fused-ring (bicyclic) bond motifs is 1. The fraction of sp³-hybridized carbons (Fsp3) is 0.0870. The van der Waals surface area contributed by atoms with Crippen LogP contribution in [0.15, 0.2) is 67.0 Å². The second kappa shape index (κ2) is 7.86. The van der Waals surface area contributed by atoms with E-state index in [0.29, 0.717) is 16.3 Å². The van der Waals surface area contributed by atoms with Crippen LogP contribution in [0.1, 0.15) is 24.2 Å². The van der Waals surface area contributed by atoms with Crippen LogP contribution in [-0.4, -0.2) is 9.97 Å². The number of rotatable bonds is 4. The summed E-state index contributed by atoms with van der Waals surface area (Å²) >= 11 is 6.38. The Kier molecular flexibility index (Phi) is 5.11. The Balaban J connectivity index is 1.70. The van der Waals surface area contributed by atoms with Gasteiger partial charge in [0.25, 0.3) is 0 Å². The molecule has 1 unspecified atom stereocenters. The van der Waals surface area contributed by atoms with E-state index >= 15 is 0 Å². The third-order valence-corrected chi connectivity index (χ3v) is 5.05. The summed E-state index contributed by atoms with van der Waals surface area (Å²) in [7, 11) is 0. The van der Waals surface area contributed by atoms with Gasteiger partial charge in [-0.1, -0.05) is 35.9 Å². The predicted molar refractivity (Wildman–Crippen MR) is 113 cm³/mol. The molecule has 29 heavy (non-hydrogen) atoms. The number of nitrogens with one attached hydrogen (secondary N) is 1. The molecule has 0 amide bonds. The molecule has 0 saturated heterocycles. The second-order valence-corrected chi connectivity index (χ2v) is 7.05. The van der Waals surface area contributed by atoms with E-state index in [-0.39, 0.29) is 11.9 Å². The van der Waals surface area contributed by atoms with E-state index in [1.165, 1.54) is 6.07 Å². The number of para-hydroxylation sites is 1. The summed E-state index contributed by atoms with van der Waals surface area (Å²) in [6.07, 6.45) is 3.20. The Bertz CT molecular complexity index is 1230. The molecule has 142 valence electrons. The third kappa shape index (κ3) is 3.75. The number of nitrogens with zero attached hydrogens (tertiary/aromatic N) is 3. The standard InChI is InChI=1S/C23H16ClFN4/c1-14(29-23-18-4-2-3-5-22(18)28-13-20(23)24)19-10-15(7-9-21(19)25)16-6-8-17(11-26)27-12-16/h2-10,12-14H,1H3,(H,28,29). The lowest BCUT2D eigenvalue weighted by molar-refractivity contribution is 0.600. The topological polar surface area (TPSA) is 61.6 Å². The highest BCUT2D eigenvalue weighted by atomic mass is 35.5. The zero-order valence-corrected chi connectivity index (χ0v) is 16.3. The molecule has 6 heteroatoms. The van der Waals surface area contributed by atoms with Gasteiger partial charge in [0, 0.05) is 28.9 Å². The van der Waals surface area contributed by atoms with Crippen LogP contribution in [0.2, 0.25) is 5.02 Å². The van der Waals surface area contributed by atoms with Gasteiger partial charge in [0.1, 0.15) is 17.6 Å². The summed E-state index contributed by atoms with van der Waals surface area (Å²) in [6.45, 7) is 1.88. The van der Waals surface area contributed by atoms with Crippen molar-refractivity contribution in [2.45, 2.75) is 13.0 Å². The first-order chi connectivity index (χ1) is 14.1. The minimum atomic E-state index is -0.343. The Morgan fingerprint density at radius 2 is 1.83 bits per heavy atom. The molecule has 4 aromatic rings. The molecule has 0 spiro atoms. The molecular weight excluding hydrogens is 387 g/mol. The fourth-order valence-corrected chi connectivity index (χ4v) is 3.45. The minimum absolute atomic E-state index is 0.315. The summed E-state index contributed by atoms with van der Waals surface area (Å²) in [5.74, 6) is -0.315. The van der Waals surface area contributed by atoms with Crippen molar-refractivity contribution in [1.82, 2.24) is 9.97 Å². The monoisotopic (exact) mass is 402 g/mol. The Morgan fingerprint density at radius 3 is 2.59 bits per heavy atom. The van der Waals surface area contributed by atoms with Crippen LogP contribution in [0, 0.1) is 17.1 Å². The molecule has 4 rings (SSSR count). The van der Waals surface area contributed by atoms with Crippen molar-refractivity contribution in [3.63, 3.8) is 0 Å². The van der Waals surface area contributed by atoms with E-state index in [4.69, 9.17) is 16.9 Å². The number of pyridine rings is 2. The number of halogens is 2. The molecule has 0 fully saturated rings. The Labute approximate surface area is 172 Å². The summed E-state index contributed by atoms with van der Waals surface area (Å²) in [5, 5.41) is 13.6. The van der Waals surface area contributed by atoms with Crippen molar-refractivity contribution in [2.75, 3.05) is 5.32 Å². The van der Waals surface area contributed by atoms with Gasteiger partial charge in [0.2, 0.25) is 0 Å². The largest absolute Gasteiger partial charge is 0.377 e. The highest BCUT2D eigenvalue weighted by Gasteiger charge is 2.16. The SMILES string of the molecule is CC(Nc1c(Cl)cnc2ccccc12)c1cc(-c2ccc(C#N)nc2)ccc1F. The van der Waals surface area contributed by atoms with Crippen LogP contribution in [-0.2, 0) is 0 Å². The summed E-state index contributed by atoms with van der Waals surface area (Å²) in [6, 6.07) is 17.7. The van der Waals surface area contributed by atoms with E-state index in [0.717, 1.165) is 27.7 Å². The maximum atomic E-state index is 14.6. The average molecular weight is 403 g/mol. The fourth-order valence-electron chi connectivity index (χ4n) is 3.24. The number of nitriles is 1. The molecule has 0 aliphatic heterocycles. The highest BCUT2D eigenvalue weighted by Crippen LogP contribution is 2.34. The lowest BCUT2D eigenvalue weighted by Gasteiger charge is -2.19. The molecule has 2 heterocycles. The van der Waals surface area contributed by atoms with Gasteiger partial charge in [0.05, 0.1) is 22.3 Å². The molecule has 2 aromatic heterocycles.